The van der Waals surface area contributed by atoms with Gasteiger partial charge in [-0.15, -0.1) is 0 Å². The molecule has 0 fully saturated rings. The molecule has 0 amide bonds. The molecule has 0 unspecified atom stereocenters. The standard InChI is InChI=1S/C10H8BrClN2/c11-9-6-8(12)2-1-7(9)5-10-13-3-4-14-10/h1-4,6H,5H2,(H,13,14). The van der Waals surface area contributed by atoms with Gasteiger partial charge in [0.1, 0.15) is 5.82 Å². The molecular formula is C10H8BrClN2. The molecule has 72 valence electrons. The SMILES string of the molecule is Clc1ccc(Cc2ncc[nH]2)c(Br)c1. The monoisotopic (exact) mass is 270 g/mol. The topological polar surface area (TPSA) is 28.7 Å². The summed E-state index contributed by atoms with van der Waals surface area (Å²) < 4.78 is 1.02. The normalized spacial score (nSPS) is 10.4. The van der Waals surface area contributed by atoms with Gasteiger partial charge < -0.3 is 4.98 Å². The molecule has 0 aliphatic carbocycles. The summed E-state index contributed by atoms with van der Waals surface area (Å²) in [5.41, 5.74) is 1.17. The van der Waals surface area contributed by atoms with Crippen molar-refractivity contribution in [3.63, 3.8) is 0 Å². The van der Waals surface area contributed by atoms with E-state index in [0.717, 1.165) is 21.7 Å². The van der Waals surface area contributed by atoms with Crippen LogP contribution >= 0.6 is 27.5 Å². The van der Waals surface area contributed by atoms with Gasteiger partial charge in [0.2, 0.25) is 0 Å². The van der Waals surface area contributed by atoms with Crippen molar-refractivity contribution >= 4 is 27.5 Å². The van der Waals surface area contributed by atoms with E-state index in [1.165, 1.54) is 5.56 Å². The first kappa shape index (κ1) is 9.74. The van der Waals surface area contributed by atoms with Crippen molar-refractivity contribution in [2.75, 3.05) is 0 Å². The number of aromatic nitrogens is 2. The fourth-order valence-corrected chi connectivity index (χ4v) is 2.06. The average molecular weight is 272 g/mol. The zero-order valence-electron chi connectivity index (χ0n) is 7.30. The van der Waals surface area contributed by atoms with Gasteiger partial charge in [0.05, 0.1) is 0 Å². The van der Waals surface area contributed by atoms with Crippen LogP contribution < -0.4 is 0 Å². The van der Waals surface area contributed by atoms with Crippen molar-refractivity contribution in [2.24, 2.45) is 0 Å². The van der Waals surface area contributed by atoms with E-state index in [9.17, 15) is 0 Å². The zero-order valence-corrected chi connectivity index (χ0v) is 9.64. The van der Waals surface area contributed by atoms with Gasteiger partial charge in [-0.05, 0) is 17.7 Å². The first-order chi connectivity index (χ1) is 6.75. The Balaban J connectivity index is 2.25. The molecule has 0 bridgehead atoms. The fourth-order valence-electron chi connectivity index (χ4n) is 1.24. The minimum absolute atomic E-state index is 0.736. The van der Waals surface area contributed by atoms with Gasteiger partial charge in [0.25, 0.3) is 0 Å². The first-order valence-electron chi connectivity index (χ1n) is 4.18. The minimum Gasteiger partial charge on any atom is -0.348 e. The van der Waals surface area contributed by atoms with Gasteiger partial charge in [-0.25, -0.2) is 4.98 Å². The summed E-state index contributed by atoms with van der Waals surface area (Å²) in [5, 5.41) is 0.736. The predicted octanol–water partition coefficient (Wildman–Crippen LogP) is 3.42. The number of hydrogen-bond acceptors (Lipinski definition) is 1. The lowest BCUT2D eigenvalue weighted by Crippen LogP contribution is -1.91. The van der Waals surface area contributed by atoms with Gasteiger partial charge in [-0.2, -0.15) is 0 Å². The summed E-state index contributed by atoms with van der Waals surface area (Å²) in [6, 6.07) is 5.76. The van der Waals surface area contributed by atoms with Crippen LogP contribution in [0.5, 0.6) is 0 Å². The Hall–Kier alpha value is -0.800. The third-order valence-corrected chi connectivity index (χ3v) is 2.90. The lowest BCUT2D eigenvalue weighted by molar-refractivity contribution is 1.02. The van der Waals surface area contributed by atoms with Crippen molar-refractivity contribution < 1.29 is 0 Å². The van der Waals surface area contributed by atoms with Crippen LogP contribution in [0.3, 0.4) is 0 Å². The van der Waals surface area contributed by atoms with E-state index in [1.807, 2.05) is 24.4 Å². The van der Waals surface area contributed by atoms with Gasteiger partial charge in [0, 0.05) is 28.3 Å². The number of hydrogen-bond donors (Lipinski definition) is 1. The van der Waals surface area contributed by atoms with Gasteiger partial charge in [0.15, 0.2) is 0 Å². The second-order valence-corrected chi connectivity index (χ2v) is 4.24. The molecule has 0 spiro atoms. The maximum Gasteiger partial charge on any atom is 0.110 e. The Morgan fingerprint density at radius 3 is 2.93 bits per heavy atom. The fraction of sp³-hybridized carbons (Fsp3) is 0.100. The number of nitrogens with zero attached hydrogens (tertiary/aromatic N) is 1. The average Bonchev–Trinajstić information content (AvgIpc) is 2.62. The number of nitrogens with one attached hydrogen (secondary N) is 1. The molecule has 0 saturated heterocycles. The molecule has 1 N–H and O–H groups in total. The number of rotatable bonds is 2. The van der Waals surface area contributed by atoms with E-state index in [2.05, 4.69) is 25.9 Å². The molecule has 14 heavy (non-hydrogen) atoms. The Morgan fingerprint density at radius 2 is 2.29 bits per heavy atom. The van der Waals surface area contributed by atoms with Crippen LogP contribution in [-0.2, 0) is 6.42 Å². The Labute approximate surface area is 95.5 Å². The molecule has 0 radical (unpaired) electrons. The van der Waals surface area contributed by atoms with Crippen LogP contribution in [0.25, 0.3) is 0 Å². The van der Waals surface area contributed by atoms with E-state index >= 15 is 0 Å². The second-order valence-electron chi connectivity index (χ2n) is 2.95. The lowest BCUT2D eigenvalue weighted by atomic mass is 10.1. The molecule has 2 nitrogen and oxygen atoms in total. The van der Waals surface area contributed by atoms with Gasteiger partial charge in [-0.1, -0.05) is 33.6 Å². The largest absolute Gasteiger partial charge is 0.348 e. The quantitative estimate of drug-likeness (QED) is 0.891. The smallest absolute Gasteiger partial charge is 0.110 e. The van der Waals surface area contributed by atoms with Crippen LogP contribution in [0.1, 0.15) is 11.4 Å². The molecule has 4 heteroatoms. The molecule has 0 aliphatic heterocycles. The van der Waals surface area contributed by atoms with Crippen molar-refractivity contribution in [3.05, 3.63) is 51.5 Å². The third-order valence-electron chi connectivity index (χ3n) is 1.93. The molecular weight excluding hydrogens is 263 g/mol. The minimum atomic E-state index is 0.736. The summed E-state index contributed by atoms with van der Waals surface area (Å²) >= 11 is 9.31. The van der Waals surface area contributed by atoms with Crippen molar-refractivity contribution in [1.29, 1.82) is 0 Å². The van der Waals surface area contributed by atoms with E-state index < -0.39 is 0 Å². The van der Waals surface area contributed by atoms with Crippen molar-refractivity contribution in [3.8, 4) is 0 Å². The van der Waals surface area contributed by atoms with Crippen LogP contribution in [0.15, 0.2) is 35.1 Å². The van der Waals surface area contributed by atoms with Crippen molar-refractivity contribution in [1.82, 2.24) is 9.97 Å². The Bertz CT molecular complexity index is 426. The summed E-state index contributed by atoms with van der Waals surface area (Å²) in [6.07, 6.45) is 4.35. The van der Waals surface area contributed by atoms with E-state index in [0.29, 0.717) is 0 Å². The third kappa shape index (κ3) is 2.16. The van der Waals surface area contributed by atoms with Crippen molar-refractivity contribution in [2.45, 2.75) is 6.42 Å². The number of H-pyrrole nitrogens is 1. The van der Waals surface area contributed by atoms with Crippen LogP contribution in [0.2, 0.25) is 5.02 Å². The highest BCUT2D eigenvalue weighted by atomic mass is 79.9. The summed E-state index contributed by atoms with van der Waals surface area (Å²) in [4.78, 5) is 7.23. The highest BCUT2D eigenvalue weighted by molar-refractivity contribution is 9.10. The maximum absolute atomic E-state index is 5.85. The van der Waals surface area contributed by atoms with Gasteiger partial charge in [-0.3, -0.25) is 0 Å². The van der Waals surface area contributed by atoms with Crippen LogP contribution in [-0.4, -0.2) is 9.97 Å². The molecule has 2 aromatic rings. The summed E-state index contributed by atoms with van der Waals surface area (Å²) in [5.74, 6) is 0.952. The summed E-state index contributed by atoms with van der Waals surface area (Å²) in [6.45, 7) is 0. The molecule has 1 aromatic heterocycles. The Kier molecular flexibility index (Phi) is 2.89. The zero-order chi connectivity index (χ0) is 9.97. The number of imidazole rings is 1. The lowest BCUT2D eigenvalue weighted by Gasteiger charge is -2.02. The van der Waals surface area contributed by atoms with Crippen LogP contribution in [0, 0.1) is 0 Å². The highest BCUT2D eigenvalue weighted by Gasteiger charge is 2.03. The molecule has 1 heterocycles. The number of benzene rings is 1. The molecule has 0 aliphatic rings. The maximum atomic E-state index is 5.85. The molecule has 2 rings (SSSR count). The Morgan fingerprint density at radius 1 is 1.43 bits per heavy atom. The van der Waals surface area contributed by atoms with Crippen LogP contribution in [0.4, 0.5) is 0 Å². The highest BCUT2D eigenvalue weighted by Crippen LogP contribution is 2.22. The molecule has 0 atom stereocenters. The molecule has 0 saturated carbocycles. The number of halogens is 2. The van der Waals surface area contributed by atoms with E-state index in [1.54, 1.807) is 6.20 Å². The van der Waals surface area contributed by atoms with E-state index in [-0.39, 0.29) is 0 Å². The molecule has 1 aromatic carbocycles. The second kappa shape index (κ2) is 4.15. The van der Waals surface area contributed by atoms with Gasteiger partial charge >= 0.3 is 0 Å². The number of aromatic amines is 1. The van der Waals surface area contributed by atoms with E-state index in [4.69, 9.17) is 11.6 Å². The predicted molar refractivity (Wildman–Crippen MR) is 60.5 cm³/mol. The first-order valence-corrected chi connectivity index (χ1v) is 5.35. The summed E-state index contributed by atoms with van der Waals surface area (Å²) in [7, 11) is 0.